The molecule has 0 amide bonds. The van der Waals surface area contributed by atoms with Crippen molar-refractivity contribution in [1.29, 1.82) is 0 Å². The average Bonchev–Trinajstić information content (AvgIpc) is 3.56. The lowest BCUT2D eigenvalue weighted by atomic mass is 9.95. The Morgan fingerprint density at radius 1 is 0.970 bits per heavy atom. The van der Waals surface area contributed by atoms with Crippen LogP contribution in [0.3, 0.4) is 0 Å². The summed E-state index contributed by atoms with van der Waals surface area (Å²) >= 11 is 0. The normalized spacial score (nSPS) is 17.1. The van der Waals surface area contributed by atoms with Crippen LogP contribution < -0.4 is 10.6 Å². The lowest BCUT2D eigenvalue weighted by molar-refractivity contribution is 0.365. The van der Waals surface area contributed by atoms with Crippen LogP contribution in [0.1, 0.15) is 49.2 Å². The van der Waals surface area contributed by atoms with Crippen molar-refractivity contribution >= 4 is 22.4 Å². The average molecular weight is 448 g/mol. The summed E-state index contributed by atoms with van der Waals surface area (Å²) in [6.07, 6.45) is 5.42. The van der Waals surface area contributed by atoms with Crippen LogP contribution in [0.2, 0.25) is 0 Å². The first-order chi connectivity index (χ1) is 16.1. The molecule has 2 fully saturated rings. The predicted molar refractivity (Wildman–Crippen MR) is 120 cm³/mol. The van der Waals surface area contributed by atoms with Gasteiger partial charge in [0.05, 0.1) is 11.2 Å². The molecule has 33 heavy (non-hydrogen) atoms. The van der Waals surface area contributed by atoms with Crippen LogP contribution in [0.25, 0.3) is 22.0 Å². The third-order valence-corrected chi connectivity index (χ3v) is 6.54. The van der Waals surface area contributed by atoms with E-state index in [1.54, 1.807) is 6.07 Å². The van der Waals surface area contributed by atoms with Crippen molar-refractivity contribution in [1.82, 2.24) is 20.1 Å². The van der Waals surface area contributed by atoms with E-state index in [9.17, 15) is 8.78 Å². The molecule has 2 N–H and O–H groups in total. The molecule has 1 aliphatic heterocycles. The fourth-order valence-electron chi connectivity index (χ4n) is 4.55. The van der Waals surface area contributed by atoms with E-state index in [4.69, 9.17) is 10.3 Å². The van der Waals surface area contributed by atoms with Gasteiger partial charge in [-0.15, -0.1) is 0 Å². The molecule has 168 valence electrons. The van der Waals surface area contributed by atoms with Crippen molar-refractivity contribution in [2.24, 2.45) is 0 Å². The van der Waals surface area contributed by atoms with Crippen molar-refractivity contribution < 1.29 is 13.3 Å². The van der Waals surface area contributed by atoms with Gasteiger partial charge in [-0.25, -0.2) is 18.7 Å². The van der Waals surface area contributed by atoms with Gasteiger partial charge in [0.15, 0.2) is 5.82 Å². The van der Waals surface area contributed by atoms with Gasteiger partial charge in [-0.2, -0.15) is 4.98 Å². The smallest absolute Gasteiger partial charge is 0.229 e. The van der Waals surface area contributed by atoms with E-state index in [-0.39, 0.29) is 11.6 Å². The molecule has 2 aromatic carbocycles. The number of nitrogen functional groups attached to an aromatic ring is 1. The van der Waals surface area contributed by atoms with Crippen LogP contribution >= 0.6 is 0 Å². The zero-order valence-corrected chi connectivity index (χ0v) is 17.8. The fraction of sp³-hybridized carbons (Fsp3) is 0.333. The van der Waals surface area contributed by atoms with Gasteiger partial charge in [-0.3, -0.25) is 0 Å². The third-order valence-electron chi connectivity index (χ3n) is 6.54. The van der Waals surface area contributed by atoms with Crippen LogP contribution in [0, 0.1) is 11.6 Å². The largest absolute Gasteiger partial charge is 0.396 e. The number of nitrogens with two attached hydrogens (primary N) is 1. The number of aromatic nitrogens is 4. The van der Waals surface area contributed by atoms with E-state index < -0.39 is 11.6 Å². The van der Waals surface area contributed by atoms with Crippen molar-refractivity contribution in [3.63, 3.8) is 0 Å². The Labute approximate surface area is 188 Å². The van der Waals surface area contributed by atoms with Gasteiger partial charge >= 0.3 is 0 Å². The molecule has 9 heteroatoms. The third kappa shape index (κ3) is 3.67. The monoisotopic (exact) mass is 448 g/mol. The molecule has 0 spiro atoms. The number of hydrogen-bond acceptors (Lipinski definition) is 7. The summed E-state index contributed by atoms with van der Waals surface area (Å²) in [5, 5.41) is 4.80. The first kappa shape index (κ1) is 20.0. The molecule has 2 aliphatic rings. The van der Waals surface area contributed by atoms with E-state index in [0.29, 0.717) is 33.8 Å². The first-order valence-corrected chi connectivity index (χ1v) is 11.1. The van der Waals surface area contributed by atoms with Crippen LogP contribution in [0.5, 0.6) is 0 Å². The van der Waals surface area contributed by atoms with Gasteiger partial charge in [0.1, 0.15) is 23.8 Å². The minimum absolute atomic E-state index is 0.0449. The topological polar surface area (TPSA) is 94.0 Å². The van der Waals surface area contributed by atoms with Crippen LogP contribution in [-0.4, -0.2) is 33.2 Å². The summed E-state index contributed by atoms with van der Waals surface area (Å²) in [6, 6.07) is 7.25. The molecule has 1 saturated heterocycles. The summed E-state index contributed by atoms with van der Waals surface area (Å²) in [4.78, 5) is 15.6. The summed E-state index contributed by atoms with van der Waals surface area (Å²) in [6.45, 7) is 1.46. The zero-order valence-electron chi connectivity index (χ0n) is 17.8. The summed E-state index contributed by atoms with van der Waals surface area (Å²) < 4.78 is 34.2. The maximum absolute atomic E-state index is 14.6. The molecule has 0 unspecified atom stereocenters. The molecule has 4 aromatic rings. The molecule has 1 aliphatic carbocycles. The highest BCUT2D eigenvalue weighted by Crippen LogP contribution is 2.40. The lowest BCUT2D eigenvalue weighted by Gasteiger charge is -2.32. The second kappa shape index (κ2) is 7.75. The number of benzene rings is 2. The number of halogens is 2. The highest BCUT2D eigenvalue weighted by atomic mass is 19.1. The van der Waals surface area contributed by atoms with E-state index in [2.05, 4.69) is 25.0 Å². The maximum atomic E-state index is 14.6. The predicted octanol–water partition coefficient (Wildman–Crippen LogP) is 4.80. The number of fused-ring (bicyclic) bond motifs is 1. The number of hydrogen-bond donors (Lipinski definition) is 1. The highest BCUT2D eigenvalue weighted by molar-refractivity contribution is 5.99. The van der Waals surface area contributed by atoms with Crippen molar-refractivity contribution in [3.05, 3.63) is 60.0 Å². The molecule has 0 atom stereocenters. The Morgan fingerprint density at radius 3 is 2.55 bits per heavy atom. The first-order valence-electron chi connectivity index (χ1n) is 11.1. The Kier molecular flexibility index (Phi) is 4.70. The molecule has 7 nitrogen and oxygen atoms in total. The molecule has 6 rings (SSSR count). The zero-order chi connectivity index (χ0) is 22.5. The summed E-state index contributed by atoms with van der Waals surface area (Å²) in [5.74, 6) is 1.90. The number of anilines is 2. The minimum Gasteiger partial charge on any atom is -0.396 e. The second-order valence-electron chi connectivity index (χ2n) is 8.81. The Bertz CT molecular complexity index is 1340. The van der Waals surface area contributed by atoms with Gasteiger partial charge in [-0.1, -0.05) is 11.2 Å². The van der Waals surface area contributed by atoms with Gasteiger partial charge in [-0.05, 0) is 55.5 Å². The Morgan fingerprint density at radius 2 is 1.79 bits per heavy atom. The van der Waals surface area contributed by atoms with E-state index in [1.807, 2.05) is 0 Å². The van der Waals surface area contributed by atoms with E-state index in [1.165, 1.54) is 30.6 Å². The van der Waals surface area contributed by atoms with E-state index in [0.717, 1.165) is 50.5 Å². The number of rotatable bonds is 4. The quantitative estimate of drug-likeness (QED) is 0.448. The molecular weight excluding hydrogens is 426 g/mol. The number of piperidine rings is 1. The van der Waals surface area contributed by atoms with Gasteiger partial charge in [0.2, 0.25) is 5.89 Å². The van der Waals surface area contributed by atoms with E-state index >= 15 is 0 Å². The van der Waals surface area contributed by atoms with Gasteiger partial charge < -0.3 is 15.2 Å². The molecule has 2 aromatic heterocycles. The molecule has 1 saturated carbocycles. The van der Waals surface area contributed by atoms with Crippen molar-refractivity contribution in [3.8, 4) is 11.1 Å². The Balaban J connectivity index is 1.30. The lowest BCUT2D eigenvalue weighted by Crippen LogP contribution is -2.34. The number of nitrogens with zero attached hydrogens (tertiary/aromatic N) is 5. The van der Waals surface area contributed by atoms with Gasteiger partial charge in [0, 0.05) is 35.9 Å². The second-order valence-corrected chi connectivity index (χ2v) is 8.81. The summed E-state index contributed by atoms with van der Waals surface area (Å²) in [5.41, 5.74) is 7.24. The Hall–Kier alpha value is -3.62. The maximum Gasteiger partial charge on any atom is 0.229 e. The summed E-state index contributed by atoms with van der Waals surface area (Å²) in [7, 11) is 0. The molecule has 0 bridgehead atoms. The van der Waals surface area contributed by atoms with Crippen LogP contribution in [0.4, 0.5) is 20.3 Å². The SMILES string of the molecule is Nc1ccc(-c2cc(F)cc3c(N4CCC(c5noc(C6CC6)n5)CC4)ncnc23)cc1F. The van der Waals surface area contributed by atoms with Crippen LogP contribution in [0.15, 0.2) is 41.2 Å². The van der Waals surface area contributed by atoms with Gasteiger partial charge in [0.25, 0.3) is 0 Å². The van der Waals surface area contributed by atoms with Crippen molar-refractivity contribution in [2.75, 3.05) is 23.7 Å². The minimum atomic E-state index is -0.549. The standard InChI is InChI=1S/C24H22F2N6O/c25-16-10-17(15-3-4-20(27)19(26)9-15)21-18(11-16)23(29-12-28-21)32-7-5-13(6-8-32)22-30-24(33-31-22)14-1-2-14/h3-4,9-14H,1-2,5-8,27H2. The molecule has 3 heterocycles. The molecule has 0 radical (unpaired) electrons. The fourth-order valence-corrected chi connectivity index (χ4v) is 4.55. The molecular formula is C24H22F2N6O. The van der Waals surface area contributed by atoms with Crippen LogP contribution in [-0.2, 0) is 0 Å². The van der Waals surface area contributed by atoms with Crippen molar-refractivity contribution in [2.45, 2.75) is 37.5 Å². The highest BCUT2D eigenvalue weighted by Gasteiger charge is 2.32.